The summed E-state index contributed by atoms with van der Waals surface area (Å²) < 4.78 is 5.29. The summed E-state index contributed by atoms with van der Waals surface area (Å²) in [6.07, 6.45) is 10.6. The third-order valence-electron chi connectivity index (χ3n) is 4.16. The van der Waals surface area contributed by atoms with Crippen LogP contribution in [-0.4, -0.2) is 25.3 Å². The first-order valence-corrected chi connectivity index (χ1v) is 5.82. The van der Waals surface area contributed by atoms with Gasteiger partial charge in [0, 0.05) is 19.2 Å². The summed E-state index contributed by atoms with van der Waals surface area (Å²) in [6.45, 7) is 0. The van der Waals surface area contributed by atoms with Crippen molar-refractivity contribution in [1.82, 2.24) is 5.32 Å². The molecule has 3 atom stereocenters. The maximum atomic E-state index is 5.29. The molecule has 2 fully saturated rings. The Morgan fingerprint density at radius 3 is 2.57 bits per heavy atom. The molecule has 2 saturated carbocycles. The molecule has 0 spiro atoms. The lowest BCUT2D eigenvalue weighted by Crippen LogP contribution is -2.50. The van der Waals surface area contributed by atoms with Crippen LogP contribution in [-0.2, 0) is 4.74 Å². The van der Waals surface area contributed by atoms with Gasteiger partial charge in [-0.05, 0) is 37.5 Å². The van der Waals surface area contributed by atoms with Gasteiger partial charge in [-0.15, -0.1) is 0 Å². The zero-order valence-electron chi connectivity index (χ0n) is 8.78. The fourth-order valence-corrected chi connectivity index (χ4v) is 3.17. The normalized spacial score (nSPS) is 49.6. The monoisotopic (exact) mass is 193 g/mol. The van der Waals surface area contributed by atoms with Gasteiger partial charge in [-0.3, -0.25) is 0 Å². The van der Waals surface area contributed by atoms with Crippen molar-refractivity contribution in [1.29, 1.82) is 0 Å². The van der Waals surface area contributed by atoms with E-state index in [4.69, 9.17) is 4.74 Å². The summed E-state index contributed by atoms with van der Waals surface area (Å²) in [5.74, 6) is 1.72. The lowest BCUT2D eigenvalue weighted by molar-refractivity contribution is 0.0133. The van der Waals surface area contributed by atoms with Crippen LogP contribution in [0.15, 0.2) is 12.2 Å². The second-order valence-corrected chi connectivity index (χ2v) is 5.08. The molecule has 3 aliphatic rings. The second-order valence-electron chi connectivity index (χ2n) is 5.08. The van der Waals surface area contributed by atoms with Gasteiger partial charge in [-0.25, -0.2) is 0 Å². The van der Waals surface area contributed by atoms with Gasteiger partial charge >= 0.3 is 0 Å². The van der Waals surface area contributed by atoms with E-state index in [1.54, 1.807) is 0 Å². The number of ether oxygens (including phenoxy) is 1. The Labute approximate surface area is 85.7 Å². The average molecular weight is 193 g/mol. The Hall–Kier alpha value is -0.340. The molecule has 0 radical (unpaired) electrons. The molecule has 78 valence electrons. The molecule has 0 aliphatic heterocycles. The van der Waals surface area contributed by atoms with E-state index in [1.807, 2.05) is 7.11 Å². The van der Waals surface area contributed by atoms with E-state index < -0.39 is 0 Å². The minimum atomic E-state index is 0.529. The highest BCUT2D eigenvalue weighted by Gasteiger charge is 2.39. The van der Waals surface area contributed by atoms with Crippen molar-refractivity contribution in [3.63, 3.8) is 0 Å². The van der Waals surface area contributed by atoms with Crippen molar-refractivity contribution in [2.24, 2.45) is 11.8 Å². The molecule has 0 saturated heterocycles. The quantitative estimate of drug-likeness (QED) is 0.689. The van der Waals surface area contributed by atoms with Crippen LogP contribution in [0.1, 0.15) is 25.7 Å². The third kappa shape index (κ3) is 1.41. The molecule has 1 N–H and O–H groups in total. The predicted molar refractivity (Wildman–Crippen MR) is 56.1 cm³/mol. The summed E-state index contributed by atoms with van der Waals surface area (Å²) in [5.41, 5.74) is 0. The number of hydrogen-bond acceptors (Lipinski definition) is 2. The smallest absolute Gasteiger partial charge is 0.0601 e. The van der Waals surface area contributed by atoms with E-state index in [-0.39, 0.29) is 0 Å². The van der Waals surface area contributed by atoms with E-state index in [0.717, 1.165) is 23.9 Å². The minimum Gasteiger partial charge on any atom is -0.381 e. The first kappa shape index (κ1) is 8.93. The van der Waals surface area contributed by atoms with Gasteiger partial charge in [-0.2, -0.15) is 0 Å². The van der Waals surface area contributed by atoms with Crippen molar-refractivity contribution in [3.05, 3.63) is 12.2 Å². The molecular formula is C12H19NO. The van der Waals surface area contributed by atoms with Gasteiger partial charge in [0.05, 0.1) is 6.10 Å². The van der Waals surface area contributed by atoms with Crippen LogP contribution in [0.4, 0.5) is 0 Å². The minimum absolute atomic E-state index is 0.529. The fourth-order valence-electron chi connectivity index (χ4n) is 3.17. The SMILES string of the molecule is COC1CC(NC2C[C@@H]3C=C[C@H]2C3)C1. The lowest BCUT2D eigenvalue weighted by Gasteiger charge is -2.38. The van der Waals surface area contributed by atoms with Crippen LogP contribution in [0.5, 0.6) is 0 Å². The third-order valence-corrected chi connectivity index (χ3v) is 4.16. The Bertz CT molecular complexity index is 245. The maximum absolute atomic E-state index is 5.29. The molecule has 0 aromatic heterocycles. The van der Waals surface area contributed by atoms with Crippen LogP contribution in [0.2, 0.25) is 0 Å². The van der Waals surface area contributed by atoms with E-state index in [9.17, 15) is 0 Å². The Kier molecular flexibility index (Phi) is 2.14. The average Bonchev–Trinajstić information content (AvgIpc) is 2.71. The van der Waals surface area contributed by atoms with Crippen LogP contribution in [0.25, 0.3) is 0 Å². The van der Waals surface area contributed by atoms with Gasteiger partial charge in [0.15, 0.2) is 0 Å². The Morgan fingerprint density at radius 2 is 2.00 bits per heavy atom. The highest BCUT2D eigenvalue weighted by Crippen LogP contribution is 2.40. The van der Waals surface area contributed by atoms with Gasteiger partial charge < -0.3 is 10.1 Å². The summed E-state index contributed by atoms with van der Waals surface area (Å²) in [7, 11) is 1.82. The molecule has 0 aromatic rings. The Morgan fingerprint density at radius 1 is 1.14 bits per heavy atom. The van der Waals surface area contributed by atoms with Crippen molar-refractivity contribution >= 4 is 0 Å². The molecule has 14 heavy (non-hydrogen) atoms. The zero-order chi connectivity index (χ0) is 9.54. The molecule has 2 nitrogen and oxygen atoms in total. The van der Waals surface area contributed by atoms with E-state index >= 15 is 0 Å². The van der Waals surface area contributed by atoms with Crippen LogP contribution in [0.3, 0.4) is 0 Å². The van der Waals surface area contributed by atoms with Crippen molar-refractivity contribution in [2.45, 2.75) is 43.9 Å². The standard InChI is InChI=1S/C12H19NO/c1-14-11-6-10(7-11)13-12-5-8-2-3-9(12)4-8/h2-3,8-13H,4-7H2,1H3/t8-,9+,10?,11?,12?/m1/s1. The van der Waals surface area contributed by atoms with E-state index in [2.05, 4.69) is 17.5 Å². The molecule has 0 aromatic carbocycles. The predicted octanol–water partition coefficient (Wildman–Crippen LogP) is 1.72. The van der Waals surface area contributed by atoms with Crippen LogP contribution >= 0.6 is 0 Å². The van der Waals surface area contributed by atoms with Crippen LogP contribution in [0, 0.1) is 11.8 Å². The first-order valence-electron chi connectivity index (χ1n) is 5.82. The molecule has 3 aliphatic carbocycles. The summed E-state index contributed by atoms with van der Waals surface area (Å²) in [6, 6.07) is 1.51. The highest BCUT2D eigenvalue weighted by molar-refractivity contribution is 5.13. The zero-order valence-corrected chi connectivity index (χ0v) is 8.78. The maximum Gasteiger partial charge on any atom is 0.0601 e. The molecule has 3 rings (SSSR count). The molecule has 0 heterocycles. The highest BCUT2D eigenvalue weighted by atomic mass is 16.5. The number of methoxy groups -OCH3 is 1. The number of hydrogen-bond donors (Lipinski definition) is 1. The van der Waals surface area contributed by atoms with Gasteiger partial charge in [0.25, 0.3) is 0 Å². The van der Waals surface area contributed by atoms with Gasteiger partial charge in [-0.1, -0.05) is 12.2 Å². The number of rotatable bonds is 3. The van der Waals surface area contributed by atoms with Crippen molar-refractivity contribution in [3.8, 4) is 0 Å². The topological polar surface area (TPSA) is 21.3 Å². The number of nitrogens with one attached hydrogen (secondary N) is 1. The molecule has 2 bridgehead atoms. The lowest BCUT2D eigenvalue weighted by atomic mass is 9.87. The Balaban J connectivity index is 1.48. The molecule has 0 amide bonds. The number of allylic oxidation sites excluding steroid dienone is 1. The van der Waals surface area contributed by atoms with Crippen LogP contribution < -0.4 is 5.32 Å². The van der Waals surface area contributed by atoms with E-state index in [0.29, 0.717) is 6.10 Å². The number of fused-ring (bicyclic) bond motifs is 2. The molecule has 2 heteroatoms. The summed E-state index contributed by atoms with van der Waals surface area (Å²) >= 11 is 0. The van der Waals surface area contributed by atoms with Gasteiger partial charge in [0.1, 0.15) is 0 Å². The first-order chi connectivity index (χ1) is 6.85. The van der Waals surface area contributed by atoms with E-state index in [1.165, 1.54) is 25.7 Å². The molecular weight excluding hydrogens is 174 g/mol. The fraction of sp³-hybridized carbons (Fsp3) is 0.833. The van der Waals surface area contributed by atoms with Gasteiger partial charge in [0.2, 0.25) is 0 Å². The van der Waals surface area contributed by atoms with Crippen molar-refractivity contribution in [2.75, 3.05) is 7.11 Å². The second kappa shape index (κ2) is 3.35. The summed E-state index contributed by atoms with van der Waals surface area (Å²) in [4.78, 5) is 0. The summed E-state index contributed by atoms with van der Waals surface area (Å²) in [5, 5.41) is 3.78. The van der Waals surface area contributed by atoms with Crippen molar-refractivity contribution < 1.29 is 4.74 Å². The molecule has 1 unspecified atom stereocenters. The largest absolute Gasteiger partial charge is 0.381 e.